The van der Waals surface area contributed by atoms with Crippen molar-refractivity contribution in [2.75, 3.05) is 18.6 Å². The average Bonchev–Trinajstić information content (AvgIpc) is 2.18. The highest BCUT2D eigenvalue weighted by atomic mass is 32.2. The molecule has 0 unspecified atom stereocenters. The fourth-order valence-corrected chi connectivity index (χ4v) is 2.87. The lowest BCUT2D eigenvalue weighted by atomic mass is 9.79. The first-order valence-corrected chi connectivity index (χ1v) is 7.85. The first-order chi connectivity index (χ1) is 7.09. The Morgan fingerprint density at radius 3 is 2.60 bits per heavy atom. The van der Waals surface area contributed by atoms with E-state index in [-0.39, 0.29) is 0 Å². The topological polar surface area (TPSA) is 29.1 Å². The van der Waals surface area contributed by atoms with E-state index in [0.717, 1.165) is 30.6 Å². The molecule has 0 heterocycles. The molecule has 0 aromatic heterocycles. The Bertz CT molecular complexity index is 208. The van der Waals surface area contributed by atoms with Crippen LogP contribution in [0, 0.1) is 11.8 Å². The molecule has 1 rings (SSSR count). The molecule has 0 saturated heterocycles. The summed E-state index contributed by atoms with van der Waals surface area (Å²) < 4.78 is 10.9. The summed E-state index contributed by atoms with van der Waals surface area (Å²) in [5.41, 5.74) is 0. The van der Waals surface area contributed by atoms with E-state index >= 15 is 0 Å². The van der Waals surface area contributed by atoms with Crippen molar-refractivity contribution in [3.8, 4) is 0 Å². The molecule has 90 valence electrons. The molecular formula is C12H25NOS. The largest absolute Gasteiger partial charge is 0.314 e. The van der Waals surface area contributed by atoms with Crippen LogP contribution < -0.4 is 5.32 Å². The van der Waals surface area contributed by atoms with Gasteiger partial charge in [0.25, 0.3) is 0 Å². The van der Waals surface area contributed by atoms with E-state index in [1.807, 2.05) is 0 Å². The van der Waals surface area contributed by atoms with Gasteiger partial charge in [0, 0.05) is 28.9 Å². The van der Waals surface area contributed by atoms with E-state index in [4.69, 9.17) is 0 Å². The summed E-state index contributed by atoms with van der Waals surface area (Å²) in [7, 11) is -0.625. The van der Waals surface area contributed by atoms with E-state index < -0.39 is 10.8 Å². The molecule has 2 nitrogen and oxygen atoms in total. The molecule has 0 radical (unpaired) electrons. The maximum atomic E-state index is 10.9. The van der Waals surface area contributed by atoms with Gasteiger partial charge >= 0.3 is 0 Å². The van der Waals surface area contributed by atoms with Gasteiger partial charge in [0.2, 0.25) is 0 Å². The van der Waals surface area contributed by atoms with Crippen LogP contribution in [0.1, 0.15) is 39.5 Å². The summed E-state index contributed by atoms with van der Waals surface area (Å²) in [6, 6.07) is 0.710. The quantitative estimate of drug-likeness (QED) is 0.735. The van der Waals surface area contributed by atoms with E-state index in [0.29, 0.717) is 6.04 Å². The number of nitrogens with one attached hydrogen (secondary N) is 1. The summed E-state index contributed by atoms with van der Waals surface area (Å²) in [5, 5.41) is 3.59. The second kappa shape index (κ2) is 6.64. The monoisotopic (exact) mass is 231 g/mol. The molecule has 0 spiro atoms. The van der Waals surface area contributed by atoms with Gasteiger partial charge in [0.15, 0.2) is 0 Å². The molecule has 1 N–H and O–H groups in total. The van der Waals surface area contributed by atoms with Crippen LogP contribution >= 0.6 is 0 Å². The Morgan fingerprint density at radius 2 is 2.00 bits per heavy atom. The smallest absolute Gasteiger partial charge is 0.0244 e. The van der Waals surface area contributed by atoms with Gasteiger partial charge < -0.3 is 5.32 Å². The summed E-state index contributed by atoms with van der Waals surface area (Å²) in [6.45, 7) is 5.76. The van der Waals surface area contributed by atoms with E-state index in [1.54, 1.807) is 6.26 Å². The molecule has 3 heteroatoms. The van der Waals surface area contributed by atoms with E-state index in [9.17, 15) is 4.21 Å². The minimum absolute atomic E-state index is 0.625. The first kappa shape index (κ1) is 13.2. The van der Waals surface area contributed by atoms with Crippen molar-refractivity contribution in [2.45, 2.75) is 45.6 Å². The highest BCUT2D eigenvalue weighted by Gasteiger charge is 2.23. The van der Waals surface area contributed by atoms with Crippen LogP contribution in [0.15, 0.2) is 0 Å². The third kappa shape index (κ3) is 5.12. The Balaban J connectivity index is 2.09. The predicted molar refractivity (Wildman–Crippen MR) is 67.5 cm³/mol. The maximum absolute atomic E-state index is 10.9. The van der Waals surface area contributed by atoms with Crippen LogP contribution in [0.25, 0.3) is 0 Å². The van der Waals surface area contributed by atoms with Gasteiger partial charge in [0.05, 0.1) is 0 Å². The summed E-state index contributed by atoms with van der Waals surface area (Å²) in [4.78, 5) is 0. The van der Waals surface area contributed by atoms with Crippen LogP contribution in [0.3, 0.4) is 0 Å². The zero-order chi connectivity index (χ0) is 11.3. The molecule has 1 saturated carbocycles. The van der Waals surface area contributed by atoms with Gasteiger partial charge in [-0.2, -0.15) is 0 Å². The second-order valence-electron chi connectivity index (χ2n) is 5.05. The minimum atomic E-state index is -0.625. The van der Waals surface area contributed by atoms with E-state index in [1.165, 1.54) is 19.3 Å². The molecule has 0 amide bonds. The Labute approximate surface area is 96.7 Å². The van der Waals surface area contributed by atoms with Gasteiger partial charge in [-0.1, -0.05) is 13.8 Å². The normalized spacial score (nSPS) is 33.9. The lowest BCUT2D eigenvalue weighted by Crippen LogP contribution is -2.36. The van der Waals surface area contributed by atoms with Gasteiger partial charge in [-0.25, -0.2) is 0 Å². The van der Waals surface area contributed by atoms with Crippen molar-refractivity contribution in [3.05, 3.63) is 0 Å². The fraction of sp³-hybridized carbons (Fsp3) is 1.00. The van der Waals surface area contributed by atoms with Crippen molar-refractivity contribution in [1.82, 2.24) is 5.32 Å². The molecule has 1 aliphatic carbocycles. The van der Waals surface area contributed by atoms with Gasteiger partial charge in [0.1, 0.15) is 0 Å². The fourth-order valence-electron chi connectivity index (χ4n) is 2.31. The van der Waals surface area contributed by atoms with Gasteiger partial charge in [-0.05, 0) is 44.1 Å². The van der Waals surface area contributed by atoms with Crippen LogP contribution in [0.2, 0.25) is 0 Å². The number of hydrogen-bond acceptors (Lipinski definition) is 2. The van der Waals surface area contributed by atoms with Gasteiger partial charge in [-0.3, -0.25) is 4.21 Å². The average molecular weight is 231 g/mol. The van der Waals surface area contributed by atoms with Crippen LogP contribution in [-0.4, -0.2) is 28.8 Å². The molecule has 0 aromatic carbocycles. The predicted octanol–water partition coefficient (Wildman–Crippen LogP) is 2.17. The lowest BCUT2D eigenvalue weighted by molar-refractivity contribution is 0.227. The van der Waals surface area contributed by atoms with Crippen LogP contribution in [0.4, 0.5) is 0 Å². The standard InChI is InChI=1S/C12H25NOS/c1-10-5-6-12(9-11(10)2)13-7-4-8-15(3)14/h10-13H,4-9H2,1-3H3/t10-,11+,12+,15+/m1/s1. The molecule has 0 bridgehead atoms. The third-order valence-electron chi connectivity index (χ3n) is 3.64. The molecule has 1 fully saturated rings. The number of hydrogen-bond donors (Lipinski definition) is 1. The first-order valence-electron chi connectivity index (χ1n) is 6.13. The SMILES string of the molecule is C[C@@H]1CC[C@H](NCCC[S@](C)=O)C[C@@H]1C. The highest BCUT2D eigenvalue weighted by molar-refractivity contribution is 7.84. The van der Waals surface area contributed by atoms with Crippen molar-refractivity contribution >= 4 is 10.8 Å². The zero-order valence-electron chi connectivity index (χ0n) is 10.3. The second-order valence-corrected chi connectivity index (χ2v) is 6.60. The molecular weight excluding hydrogens is 206 g/mol. The molecule has 0 aliphatic heterocycles. The Morgan fingerprint density at radius 1 is 1.27 bits per heavy atom. The summed E-state index contributed by atoms with van der Waals surface area (Å²) >= 11 is 0. The Hall–Kier alpha value is 0.110. The van der Waals surface area contributed by atoms with Gasteiger partial charge in [-0.15, -0.1) is 0 Å². The molecule has 15 heavy (non-hydrogen) atoms. The van der Waals surface area contributed by atoms with Crippen molar-refractivity contribution in [3.63, 3.8) is 0 Å². The number of rotatable bonds is 5. The van der Waals surface area contributed by atoms with Crippen LogP contribution in [-0.2, 0) is 10.8 Å². The summed E-state index contributed by atoms with van der Waals surface area (Å²) in [6.07, 6.45) is 6.82. The zero-order valence-corrected chi connectivity index (χ0v) is 11.1. The molecule has 0 aromatic rings. The van der Waals surface area contributed by atoms with Crippen molar-refractivity contribution in [2.24, 2.45) is 11.8 Å². The molecule has 4 atom stereocenters. The Kier molecular flexibility index (Phi) is 5.83. The minimum Gasteiger partial charge on any atom is -0.314 e. The molecule has 1 aliphatic rings. The maximum Gasteiger partial charge on any atom is 0.0244 e. The lowest BCUT2D eigenvalue weighted by Gasteiger charge is -2.32. The van der Waals surface area contributed by atoms with Crippen LogP contribution in [0.5, 0.6) is 0 Å². The van der Waals surface area contributed by atoms with Crippen molar-refractivity contribution < 1.29 is 4.21 Å². The van der Waals surface area contributed by atoms with Crippen molar-refractivity contribution in [1.29, 1.82) is 0 Å². The summed E-state index contributed by atoms with van der Waals surface area (Å²) in [5.74, 6) is 2.59. The highest BCUT2D eigenvalue weighted by Crippen LogP contribution is 2.29. The third-order valence-corrected chi connectivity index (χ3v) is 4.50. The van der Waals surface area contributed by atoms with E-state index in [2.05, 4.69) is 19.2 Å².